The number of nitrogens with zero attached hydrogens (tertiary/aromatic N) is 7. The van der Waals surface area contributed by atoms with Crippen LogP contribution >= 0.6 is 0 Å². The summed E-state index contributed by atoms with van der Waals surface area (Å²) in [7, 11) is 0. The second-order valence-electron chi connectivity index (χ2n) is 11.5. The van der Waals surface area contributed by atoms with Crippen molar-refractivity contribution in [1.29, 1.82) is 0 Å². The van der Waals surface area contributed by atoms with Gasteiger partial charge in [-0.05, 0) is 90.6 Å². The number of rotatable bonds is 6. The highest BCUT2D eigenvalue weighted by Gasteiger charge is 2.31. The number of carbonyl (C=O) groups excluding carboxylic acids is 2. The molecule has 1 aliphatic heterocycles. The second kappa shape index (κ2) is 12.8. The van der Waals surface area contributed by atoms with Crippen LogP contribution in [0.1, 0.15) is 53.4 Å². The van der Waals surface area contributed by atoms with Crippen LogP contribution < -0.4 is 16.0 Å². The van der Waals surface area contributed by atoms with Crippen molar-refractivity contribution in [1.82, 2.24) is 34.6 Å². The van der Waals surface area contributed by atoms with Crippen LogP contribution in [0.25, 0.3) is 34.1 Å². The Bertz CT molecular complexity index is 2240. The lowest BCUT2D eigenvalue weighted by molar-refractivity contribution is -0.116. The minimum Gasteiger partial charge on any atom is -0.383 e. The summed E-state index contributed by atoms with van der Waals surface area (Å²) in [5.74, 6) is -0.427. The molecule has 8 rings (SSSR count). The Hall–Kier alpha value is -6.17. The standard InChI is InChI=1S/C35H28FN9O2.C2H6/c1-20(36)35(47)43-18-14-24-25(5-2-7-29(24)43)34(46)41-27-11-8-21-19-22(9-10-23(21)27)45-32(26-6-3-15-38-31(26)37)40-28-12-13-30(42-33(28)45)44-17-4-16-39-44;1-2/h2-7,9-10,12-13,15-17,19,27H,1,8,11,14,18H2,(H2,37,38)(H,41,46);1-2H3. The number of hydrogen-bond acceptors (Lipinski definition) is 7. The van der Waals surface area contributed by atoms with Crippen molar-refractivity contribution in [3.05, 3.63) is 120 Å². The van der Waals surface area contributed by atoms with Gasteiger partial charge in [0.25, 0.3) is 11.8 Å². The fourth-order valence-corrected chi connectivity index (χ4v) is 6.64. The fraction of sp³-hybridized carbons (Fsp3) is 0.189. The van der Waals surface area contributed by atoms with Gasteiger partial charge < -0.3 is 16.0 Å². The largest absolute Gasteiger partial charge is 0.383 e. The maximum Gasteiger partial charge on any atom is 0.286 e. The van der Waals surface area contributed by atoms with Crippen molar-refractivity contribution in [3.8, 4) is 22.9 Å². The molecule has 6 aromatic rings. The van der Waals surface area contributed by atoms with E-state index in [1.807, 2.05) is 67.1 Å². The summed E-state index contributed by atoms with van der Waals surface area (Å²) >= 11 is 0. The van der Waals surface area contributed by atoms with Crippen LogP contribution in [0.2, 0.25) is 0 Å². The summed E-state index contributed by atoms with van der Waals surface area (Å²) in [5, 5.41) is 7.54. The minimum atomic E-state index is -1.02. The number of anilines is 2. The van der Waals surface area contributed by atoms with E-state index in [9.17, 15) is 14.0 Å². The van der Waals surface area contributed by atoms with E-state index >= 15 is 0 Å². The lowest BCUT2D eigenvalue weighted by Gasteiger charge is -2.18. The number of aryl methyl sites for hydroxylation is 1. The number of fused-ring (bicyclic) bond motifs is 3. The van der Waals surface area contributed by atoms with E-state index in [0.717, 1.165) is 35.2 Å². The Kier molecular flexibility index (Phi) is 8.21. The number of nitrogens with two attached hydrogens (primary N) is 1. The molecule has 0 saturated heterocycles. The normalized spacial score (nSPS) is 14.6. The highest BCUT2D eigenvalue weighted by Crippen LogP contribution is 2.37. The first kappa shape index (κ1) is 31.4. The number of nitrogen functional groups attached to an aromatic ring is 1. The average molecular weight is 656 g/mol. The van der Waals surface area contributed by atoms with E-state index in [4.69, 9.17) is 15.7 Å². The Labute approximate surface area is 281 Å². The van der Waals surface area contributed by atoms with Crippen molar-refractivity contribution in [3.63, 3.8) is 0 Å². The number of halogens is 1. The summed E-state index contributed by atoms with van der Waals surface area (Å²) in [6, 6.07) is 20.4. The first-order chi connectivity index (χ1) is 23.9. The van der Waals surface area contributed by atoms with Crippen LogP contribution in [0, 0.1) is 0 Å². The smallest absolute Gasteiger partial charge is 0.286 e. The molecule has 2 aliphatic rings. The highest BCUT2D eigenvalue weighted by atomic mass is 19.1. The van der Waals surface area contributed by atoms with Gasteiger partial charge in [-0.1, -0.05) is 32.6 Å². The summed E-state index contributed by atoms with van der Waals surface area (Å²) in [4.78, 5) is 41.4. The van der Waals surface area contributed by atoms with E-state index < -0.39 is 11.7 Å². The van der Waals surface area contributed by atoms with Crippen LogP contribution in [0.5, 0.6) is 0 Å². The third kappa shape index (κ3) is 5.50. The number of pyridine rings is 2. The molecule has 246 valence electrons. The molecule has 4 aromatic heterocycles. The van der Waals surface area contributed by atoms with Gasteiger partial charge in [0.15, 0.2) is 23.1 Å². The van der Waals surface area contributed by atoms with Gasteiger partial charge in [0.1, 0.15) is 11.3 Å². The van der Waals surface area contributed by atoms with Gasteiger partial charge in [-0.25, -0.2) is 24.0 Å². The van der Waals surface area contributed by atoms with Crippen LogP contribution in [0.4, 0.5) is 15.9 Å². The number of nitrogens with one attached hydrogen (secondary N) is 1. The van der Waals surface area contributed by atoms with E-state index in [-0.39, 0.29) is 11.9 Å². The van der Waals surface area contributed by atoms with Crippen LogP contribution in [0.3, 0.4) is 0 Å². The van der Waals surface area contributed by atoms with Crippen molar-refractivity contribution in [2.45, 2.75) is 39.2 Å². The Morgan fingerprint density at radius 3 is 2.63 bits per heavy atom. The molecule has 2 amide bonds. The molecular formula is C37H34FN9O2. The zero-order valence-electron chi connectivity index (χ0n) is 27.1. The molecule has 1 unspecified atom stereocenters. The Morgan fingerprint density at radius 1 is 1.00 bits per heavy atom. The molecule has 0 spiro atoms. The molecule has 1 aliphatic carbocycles. The minimum absolute atomic E-state index is 0.204. The van der Waals surface area contributed by atoms with Crippen molar-refractivity contribution >= 4 is 34.5 Å². The third-order valence-electron chi connectivity index (χ3n) is 8.83. The quantitative estimate of drug-likeness (QED) is 0.208. The van der Waals surface area contributed by atoms with Gasteiger partial charge in [-0.3, -0.25) is 14.2 Å². The lowest BCUT2D eigenvalue weighted by Crippen LogP contribution is -2.29. The van der Waals surface area contributed by atoms with Gasteiger partial charge in [0.05, 0.1) is 11.6 Å². The number of hydrogen-bond donors (Lipinski definition) is 2. The number of amides is 2. The van der Waals surface area contributed by atoms with E-state index in [0.29, 0.717) is 58.4 Å². The van der Waals surface area contributed by atoms with Gasteiger partial charge in [-0.15, -0.1) is 0 Å². The molecular weight excluding hydrogens is 621 g/mol. The Balaban J connectivity index is 0.00000186. The molecule has 3 N–H and O–H groups in total. The molecule has 0 saturated carbocycles. The Morgan fingerprint density at radius 2 is 1.86 bits per heavy atom. The maximum absolute atomic E-state index is 13.6. The second-order valence-corrected chi connectivity index (χ2v) is 11.5. The first-order valence-corrected chi connectivity index (χ1v) is 16.2. The molecule has 0 bridgehead atoms. The number of carbonyl (C=O) groups is 2. The average Bonchev–Trinajstić information content (AvgIpc) is 3.94. The highest BCUT2D eigenvalue weighted by molar-refractivity contribution is 6.07. The van der Waals surface area contributed by atoms with Gasteiger partial charge in [0, 0.05) is 42.1 Å². The molecule has 12 heteroatoms. The number of aromatic nitrogens is 6. The topological polar surface area (TPSA) is 137 Å². The van der Waals surface area contributed by atoms with Crippen molar-refractivity contribution in [2.75, 3.05) is 17.2 Å². The van der Waals surface area contributed by atoms with E-state index in [1.165, 1.54) is 4.90 Å². The van der Waals surface area contributed by atoms with Crippen LogP contribution in [-0.4, -0.2) is 47.7 Å². The van der Waals surface area contributed by atoms with Gasteiger partial charge >= 0.3 is 0 Å². The molecule has 2 aromatic carbocycles. The van der Waals surface area contributed by atoms with E-state index in [1.54, 1.807) is 35.3 Å². The maximum atomic E-state index is 13.6. The third-order valence-corrected chi connectivity index (χ3v) is 8.83. The molecule has 0 fully saturated rings. The number of imidazole rings is 1. The van der Waals surface area contributed by atoms with Gasteiger partial charge in [-0.2, -0.15) is 5.10 Å². The predicted octanol–water partition coefficient (Wildman–Crippen LogP) is 6.07. The van der Waals surface area contributed by atoms with Crippen LogP contribution in [0.15, 0.2) is 97.7 Å². The zero-order chi connectivity index (χ0) is 34.2. The zero-order valence-corrected chi connectivity index (χ0v) is 27.1. The summed E-state index contributed by atoms with van der Waals surface area (Å²) in [5.41, 5.74) is 13.1. The number of benzene rings is 2. The molecule has 11 nitrogen and oxygen atoms in total. The van der Waals surface area contributed by atoms with E-state index in [2.05, 4.69) is 28.0 Å². The predicted molar refractivity (Wildman–Crippen MR) is 186 cm³/mol. The molecule has 0 radical (unpaired) electrons. The fourth-order valence-electron chi connectivity index (χ4n) is 6.64. The first-order valence-electron chi connectivity index (χ1n) is 16.2. The molecule has 5 heterocycles. The summed E-state index contributed by atoms with van der Waals surface area (Å²) < 4.78 is 17.3. The monoisotopic (exact) mass is 655 g/mol. The molecule has 1 atom stereocenters. The van der Waals surface area contributed by atoms with Crippen molar-refractivity contribution in [2.24, 2.45) is 0 Å². The SMILES string of the molecule is C=C(F)C(=O)N1CCc2c(C(=O)NC3CCc4cc(-n5c(-c6cccnc6N)nc6ccc(-n7cccn7)nc65)ccc43)cccc21.CC. The lowest BCUT2D eigenvalue weighted by atomic mass is 10.0. The summed E-state index contributed by atoms with van der Waals surface area (Å²) in [6.07, 6.45) is 7.11. The van der Waals surface area contributed by atoms with Crippen molar-refractivity contribution < 1.29 is 14.0 Å². The van der Waals surface area contributed by atoms with Gasteiger partial charge in [0.2, 0.25) is 0 Å². The summed E-state index contributed by atoms with van der Waals surface area (Å²) in [6.45, 7) is 7.43. The molecule has 49 heavy (non-hydrogen) atoms. The van der Waals surface area contributed by atoms with Crippen LogP contribution in [-0.2, 0) is 17.6 Å².